The average Bonchev–Trinajstić information content (AvgIpc) is 3.15. The van der Waals surface area contributed by atoms with E-state index in [1.165, 1.54) is 12.1 Å². The summed E-state index contributed by atoms with van der Waals surface area (Å²) in [6.07, 6.45) is -10.1. The zero-order valence-electron chi connectivity index (χ0n) is 21.8. The Balaban J connectivity index is 0.000000336. The number of nitrogens with two attached hydrogens (primary N) is 1. The van der Waals surface area contributed by atoms with Crippen molar-refractivity contribution < 1.29 is 49.4 Å². The molecule has 1 saturated heterocycles. The number of rotatable bonds is 5. The van der Waals surface area contributed by atoms with Gasteiger partial charge in [0.1, 0.15) is 22.3 Å². The molecule has 218 valence electrons. The lowest BCUT2D eigenvalue weighted by molar-refractivity contribution is -0.709. The molecule has 0 spiro atoms. The van der Waals surface area contributed by atoms with Crippen LogP contribution < -0.4 is 5.32 Å². The van der Waals surface area contributed by atoms with Crippen molar-refractivity contribution in [2.24, 2.45) is 5.92 Å². The van der Waals surface area contributed by atoms with Gasteiger partial charge in [0.15, 0.2) is 0 Å². The van der Waals surface area contributed by atoms with E-state index in [4.69, 9.17) is 4.74 Å². The van der Waals surface area contributed by atoms with Crippen LogP contribution in [0.5, 0.6) is 0 Å². The Labute approximate surface area is 228 Å². The number of hydrogen-bond donors (Lipinski definition) is 1. The van der Waals surface area contributed by atoms with Gasteiger partial charge >= 0.3 is 12.4 Å². The van der Waals surface area contributed by atoms with Crippen molar-refractivity contribution in [3.8, 4) is 0 Å². The molecule has 0 amide bonds. The fraction of sp³-hybridized carbons (Fsp3) is 0.357. The number of halogens is 6. The standard InChI is InChI=1S/C21H21F6NO.C7H8O3S/c1-12-13(2)28-18(15-6-4-3-5-7-15)19(12)29-11-14-8-16(20(22,23)24)10-17(9-14)21(25,26)27;1-6-2-4-7(5-3-6)11(8,9)10/h3-10,12-13,18-19,28H,11H2,1-2H3;2-5H,1H3,(H,8,9,10)/t12-,13-,18-,19-;/m0./s1. The zero-order chi connectivity index (χ0) is 29.9. The zero-order valence-corrected chi connectivity index (χ0v) is 22.6. The van der Waals surface area contributed by atoms with Crippen LogP contribution in [-0.2, 0) is 33.8 Å². The van der Waals surface area contributed by atoms with Crippen molar-refractivity contribution in [2.75, 3.05) is 0 Å². The van der Waals surface area contributed by atoms with E-state index in [1.807, 2.05) is 51.1 Å². The van der Waals surface area contributed by atoms with Gasteiger partial charge in [0.05, 0.1) is 28.7 Å². The van der Waals surface area contributed by atoms with Crippen LogP contribution in [0.1, 0.15) is 47.7 Å². The third kappa shape index (κ3) is 8.29. The predicted octanol–water partition coefficient (Wildman–Crippen LogP) is 5.85. The quantitative estimate of drug-likeness (QED) is 0.299. The summed E-state index contributed by atoms with van der Waals surface area (Å²) in [5.41, 5.74) is -0.869. The molecule has 1 aliphatic heterocycles. The van der Waals surface area contributed by atoms with Gasteiger partial charge in [-0.05, 0) is 49.7 Å². The second-order valence-corrected chi connectivity index (χ2v) is 11.2. The molecule has 3 aromatic rings. The van der Waals surface area contributed by atoms with Crippen molar-refractivity contribution in [2.45, 2.75) is 62.8 Å². The lowest BCUT2D eigenvalue weighted by Crippen LogP contribution is -2.87. The molecule has 12 heteroatoms. The molecule has 0 unspecified atom stereocenters. The summed E-state index contributed by atoms with van der Waals surface area (Å²) in [4.78, 5) is -0.178. The van der Waals surface area contributed by atoms with Crippen molar-refractivity contribution in [1.29, 1.82) is 0 Å². The minimum atomic E-state index is -4.87. The number of ether oxygens (including phenoxy) is 1. The maximum Gasteiger partial charge on any atom is 0.416 e. The Morgan fingerprint density at radius 1 is 0.850 bits per heavy atom. The smallest absolute Gasteiger partial charge is 0.416 e. The molecule has 2 N–H and O–H groups in total. The highest BCUT2D eigenvalue weighted by Gasteiger charge is 2.44. The molecule has 0 radical (unpaired) electrons. The van der Waals surface area contributed by atoms with Crippen molar-refractivity contribution in [3.63, 3.8) is 0 Å². The van der Waals surface area contributed by atoms with Crippen LogP contribution in [0.15, 0.2) is 77.7 Å². The van der Waals surface area contributed by atoms with E-state index in [0.717, 1.165) is 23.3 Å². The topological polar surface area (TPSA) is 83.0 Å². The maximum atomic E-state index is 13.1. The highest BCUT2D eigenvalue weighted by Crippen LogP contribution is 2.37. The van der Waals surface area contributed by atoms with Gasteiger partial charge in [-0.15, -0.1) is 0 Å². The molecule has 0 bridgehead atoms. The Hall–Kier alpha value is -2.93. The van der Waals surface area contributed by atoms with E-state index < -0.39 is 33.6 Å². The van der Waals surface area contributed by atoms with Crippen LogP contribution in [-0.4, -0.2) is 25.1 Å². The molecule has 4 atom stereocenters. The van der Waals surface area contributed by atoms with E-state index in [2.05, 4.69) is 5.32 Å². The first-order valence-corrected chi connectivity index (χ1v) is 13.7. The van der Waals surface area contributed by atoms with Crippen LogP contribution in [0.25, 0.3) is 0 Å². The molecule has 5 nitrogen and oxygen atoms in total. The average molecular weight is 590 g/mol. The summed E-state index contributed by atoms with van der Waals surface area (Å²) >= 11 is 0. The van der Waals surface area contributed by atoms with E-state index in [0.29, 0.717) is 0 Å². The molecule has 1 fully saturated rings. The van der Waals surface area contributed by atoms with E-state index in [9.17, 15) is 39.3 Å². The van der Waals surface area contributed by atoms with Gasteiger partial charge in [0.25, 0.3) is 0 Å². The molecular formula is C28H29F6NO4S. The number of alkyl halides is 6. The maximum absolute atomic E-state index is 13.1. The Morgan fingerprint density at radius 2 is 1.38 bits per heavy atom. The van der Waals surface area contributed by atoms with E-state index in [-0.39, 0.29) is 47.2 Å². The summed E-state index contributed by atoms with van der Waals surface area (Å²) in [6, 6.07) is 17.0. The number of aryl methyl sites for hydroxylation is 1. The highest BCUT2D eigenvalue weighted by molar-refractivity contribution is 7.85. The van der Waals surface area contributed by atoms with Gasteiger partial charge in [0.2, 0.25) is 0 Å². The van der Waals surface area contributed by atoms with E-state index >= 15 is 0 Å². The number of quaternary nitrogens is 1. The monoisotopic (exact) mass is 589 g/mol. The molecular weight excluding hydrogens is 560 g/mol. The fourth-order valence-corrected chi connectivity index (χ4v) is 4.94. The fourth-order valence-electron chi connectivity index (χ4n) is 4.47. The minimum absolute atomic E-state index is 0.0749. The van der Waals surface area contributed by atoms with Gasteiger partial charge in [-0.25, -0.2) is 8.42 Å². The lowest BCUT2D eigenvalue weighted by atomic mass is 9.95. The normalized spacial score (nSPS) is 21.6. The summed E-state index contributed by atoms with van der Waals surface area (Å²) in [6.45, 7) is 5.49. The van der Waals surface area contributed by atoms with Gasteiger partial charge < -0.3 is 14.6 Å². The van der Waals surface area contributed by atoms with Gasteiger partial charge in [-0.1, -0.05) is 55.0 Å². The summed E-state index contributed by atoms with van der Waals surface area (Å²) in [5.74, 6) is 0.0769. The lowest BCUT2D eigenvalue weighted by Gasteiger charge is -2.21. The van der Waals surface area contributed by atoms with Crippen molar-refractivity contribution >= 4 is 10.1 Å². The van der Waals surface area contributed by atoms with Crippen molar-refractivity contribution in [1.82, 2.24) is 0 Å². The van der Waals surface area contributed by atoms with Gasteiger partial charge in [-0.2, -0.15) is 26.3 Å². The van der Waals surface area contributed by atoms with Crippen molar-refractivity contribution in [3.05, 3.63) is 101 Å². The Bertz CT molecular complexity index is 1340. The first kappa shape index (κ1) is 31.6. The summed E-state index contributed by atoms with van der Waals surface area (Å²) < 4.78 is 115. The number of hydrogen-bond acceptors (Lipinski definition) is 4. The first-order valence-electron chi connectivity index (χ1n) is 12.3. The van der Waals surface area contributed by atoms with Crippen LogP contribution in [0, 0.1) is 12.8 Å². The third-order valence-electron chi connectivity index (χ3n) is 6.80. The molecule has 1 aliphatic rings. The van der Waals surface area contributed by atoms with Gasteiger partial charge in [0, 0.05) is 11.5 Å². The number of benzene rings is 3. The van der Waals surface area contributed by atoms with Crippen LogP contribution in [0.2, 0.25) is 0 Å². The third-order valence-corrected chi connectivity index (χ3v) is 7.65. The first-order chi connectivity index (χ1) is 18.5. The molecule has 4 rings (SSSR count). The molecule has 0 aromatic heterocycles. The second kappa shape index (κ2) is 12.3. The molecule has 3 aromatic carbocycles. The SMILES string of the molecule is C[C@@H]1[C@H](OCc2cc(C(F)(F)F)cc(C(F)(F)F)c2)[C@H](c2ccccc2)[NH2+][C@H]1C.Cc1ccc(S(=O)(=O)[O-])cc1. The van der Waals surface area contributed by atoms with Crippen LogP contribution >= 0.6 is 0 Å². The van der Waals surface area contributed by atoms with Crippen LogP contribution in [0.3, 0.4) is 0 Å². The summed E-state index contributed by atoms with van der Waals surface area (Å²) in [7, 11) is -4.27. The Kier molecular flexibility index (Phi) is 9.71. The van der Waals surface area contributed by atoms with Crippen LogP contribution in [0.4, 0.5) is 26.3 Å². The predicted molar refractivity (Wildman–Crippen MR) is 134 cm³/mol. The molecule has 40 heavy (non-hydrogen) atoms. The molecule has 0 aliphatic carbocycles. The second-order valence-electron chi connectivity index (χ2n) is 9.80. The summed E-state index contributed by atoms with van der Waals surface area (Å²) in [5, 5.41) is 2.12. The van der Waals surface area contributed by atoms with E-state index in [1.54, 1.807) is 12.1 Å². The van der Waals surface area contributed by atoms with Gasteiger partial charge in [-0.3, -0.25) is 0 Å². The highest BCUT2D eigenvalue weighted by atomic mass is 32.2. The minimum Gasteiger partial charge on any atom is -0.744 e. The molecule has 1 heterocycles. The molecule has 0 saturated carbocycles. The Morgan fingerprint density at radius 3 is 1.85 bits per heavy atom. The largest absolute Gasteiger partial charge is 0.744 e.